The highest BCUT2D eigenvalue weighted by Crippen LogP contribution is 2.16. The molecule has 0 radical (unpaired) electrons. The van der Waals surface area contributed by atoms with Gasteiger partial charge in [-0.05, 0) is 6.92 Å². The predicted molar refractivity (Wildman–Crippen MR) is 58.7 cm³/mol. The Morgan fingerprint density at radius 1 is 1.71 bits per heavy atom. The van der Waals surface area contributed by atoms with Crippen molar-refractivity contribution >= 4 is 23.8 Å². The highest BCUT2D eigenvalue weighted by molar-refractivity contribution is 5.95. The van der Waals surface area contributed by atoms with E-state index in [4.69, 9.17) is 10.8 Å². The van der Waals surface area contributed by atoms with E-state index in [0.29, 0.717) is 6.54 Å². The molecule has 0 saturated carbocycles. The smallest absolute Gasteiger partial charge is 0.341 e. The summed E-state index contributed by atoms with van der Waals surface area (Å²) < 4.78 is 0. The van der Waals surface area contributed by atoms with Gasteiger partial charge in [-0.2, -0.15) is 4.98 Å². The van der Waals surface area contributed by atoms with Crippen LogP contribution in [0, 0.1) is 0 Å². The fraction of sp³-hybridized carbons (Fsp3) is 0.333. The minimum Gasteiger partial charge on any atom is -0.477 e. The highest BCUT2D eigenvalue weighted by Gasteiger charge is 2.29. The van der Waals surface area contributed by atoms with Crippen molar-refractivity contribution in [3.05, 3.63) is 11.8 Å². The summed E-state index contributed by atoms with van der Waals surface area (Å²) >= 11 is 0. The first kappa shape index (κ1) is 11.1. The number of carboxylic acids is 1. The molecule has 90 valence electrons. The van der Waals surface area contributed by atoms with Crippen molar-refractivity contribution in [1.82, 2.24) is 15.3 Å². The van der Waals surface area contributed by atoms with Crippen LogP contribution in [-0.4, -0.2) is 39.7 Å². The van der Waals surface area contributed by atoms with Gasteiger partial charge >= 0.3 is 12.0 Å². The standard InChI is InChI=1S/C9H11N5O3/c1-4-3-14(9(17)12-4)8-11-2-5(7(15)16)6(10)13-8/h2,4H,3H2,1H3,(H,12,17)(H,15,16)(H2,10,11,13). The van der Waals surface area contributed by atoms with Crippen LogP contribution < -0.4 is 16.0 Å². The molecule has 1 aliphatic heterocycles. The first-order chi connectivity index (χ1) is 7.99. The molecule has 0 aliphatic carbocycles. The van der Waals surface area contributed by atoms with Gasteiger partial charge in [0.1, 0.15) is 11.4 Å². The summed E-state index contributed by atoms with van der Waals surface area (Å²) in [7, 11) is 0. The molecule has 2 rings (SSSR count). The van der Waals surface area contributed by atoms with Crippen molar-refractivity contribution in [1.29, 1.82) is 0 Å². The molecule has 2 heterocycles. The average Bonchev–Trinajstić information content (AvgIpc) is 2.57. The molecular formula is C9H11N5O3. The van der Waals surface area contributed by atoms with Crippen molar-refractivity contribution in [3.63, 3.8) is 0 Å². The normalized spacial score (nSPS) is 19.2. The fourth-order valence-electron chi connectivity index (χ4n) is 1.54. The second-order valence-corrected chi connectivity index (χ2v) is 3.74. The molecule has 0 spiro atoms. The number of aromatic carboxylic acids is 1. The quantitative estimate of drug-likeness (QED) is 0.647. The number of nitrogens with two attached hydrogens (primary N) is 1. The molecule has 4 N–H and O–H groups in total. The van der Waals surface area contributed by atoms with Gasteiger partial charge in [0.2, 0.25) is 5.95 Å². The molecule has 0 bridgehead atoms. The number of nitrogens with zero attached hydrogens (tertiary/aromatic N) is 3. The summed E-state index contributed by atoms with van der Waals surface area (Å²) in [6, 6.07) is -0.327. The zero-order valence-electron chi connectivity index (χ0n) is 9.04. The van der Waals surface area contributed by atoms with E-state index in [-0.39, 0.29) is 29.4 Å². The number of nitrogens with one attached hydrogen (secondary N) is 1. The van der Waals surface area contributed by atoms with Gasteiger partial charge in [-0.15, -0.1) is 0 Å². The molecule has 17 heavy (non-hydrogen) atoms. The van der Waals surface area contributed by atoms with Crippen LogP contribution in [0.15, 0.2) is 6.20 Å². The largest absolute Gasteiger partial charge is 0.477 e. The van der Waals surface area contributed by atoms with Crippen LogP contribution >= 0.6 is 0 Å². The van der Waals surface area contributed by atoms with Crippen LogP contribution in [0.25, 0.3) is 0 Å². The lowest BCUT2D eigenvalue weighted by molar-refractivity contribution is 0.0697. The van der Waals surface area contributed by atoms with Crippen LogP contribution in [-0.2, 0) is 0 Å². The van der Waals surface area contributed by atoms with E-state index in [1.807, 2.05) is 6.92 Å². The number of nitrogen functional groups attached to an aromatic ring is 1. The monoisotopic (exact) mass is 237 g/mol. The van der Waals surface area contributed by atoms with Crippen LogP contribution in [0.2, 0.25) is 0 Å². The van der Waals surface area contributed by atoms with Gasteiger partial charge in [-0.1, -0.05) is 0 Å². The second kappa shape index (κ2) is 3.89. The number of carbonyl (C=O) groups excluding carboxylic acids is 1. The van der Waals surface area contributed by atoms with Crippen molar-refractivity contribution < 1.29 is 14.7 Å². The Morgan fingerprint density at radius 3 is 2.88 bits per heavy atom. The number of hydrogen-bond donors (Lipinski definition) is 3. The first-order valence-electron chi connectivity index (χ1n) is 4.93. The summed E-state index contributed by atoms with van der Waals surface area (Å²) in [5.41, 5.74) is 5.30. The molecular weight excluding hydrogens is 226 g/mol. The minimum absolute atomic E-state index is 0.00789. The topological polar surface area (TPSA) is 121 Å². The summed E-state index contributed by atoms with van der Waals surface area (Å²) in [5.74, 6) is -1.25. The van der Waals surface area contributed by atoms with E-state index in [1.165, 1.54) is 4.90 Å². The summed E-state index contributed by atoms with van der Waals surface area (Å²) in [4.78, 5) is 31.2. The number of carboxylic acid groups (broad SMARTS) is 1. The maximum absolute atomic E-state index is 11.5. The fourth-order valence-corrected chi connectivity index (χ4v) is 1.54. The Hall–Kier alpha value is -2.38. The first-order valence-corrected chi connectivity index (χ1v) is 4.93. The van der Waals surface area contributed by atoms with Crippen LogP contribution in [0.4, 0.5) is 16.6 Å². The second-order valence-electron chi connectivity index (χ2n) is 3.74. The van der Waals surface area contributed by atoms with Gasteiger partial charge < -0.3 is 16.2 Å². The van der Waals surface area contributed by atoms with E-state index in [1.54, 1.807) is 0 Å². The Balaban J connectivity index is 2.32. The molecule has 1 aromatic heterocycles. The highest BCUT2D eigenvalue weighted by atomic mass is 16.4. The molecule has 0 aromatic carbocycles. The number of hydrogen-bond acceptors (Lipinski definition) is 5. The van der Waals surface area contributed by atoms with E-state index < -0.39 is 5.97 Å². The lowest BCUT2D eigenvalue weighted by Gasteiger charge is -2.12. The summed E-state index contributed by atoms with van der Waals surface area (Å²) in [5, 5.41) is 11.4. The number of carbonyl (C=O) groups is 2. The lowest BCUT2D eigenvalue weighted by atomic mass is 10.3. The van der Waals surface area contributed by atoms with E-state index in [9.17, 15) is 9.59 Å². The van der Waals surface area contributed by atoms with Crippen molar-refractivity contribution in [3.8, 4) is 0 Å². The van der Waals surface area contributed by atoms with Crippen molar-refractivity contribution in [2.24, 2.45) is 0 Å². The number of urea groups is 1. The molecule has 1 saturated heterocycles. The number of aromatic nitrogens is 2. The molecule has 2 amide bonds. The zero-order chi connectivity index (χ0) is 12.6. The van der Waals surface area contributed by atoms with Gasteiger partial charge in [-0.3, -0.25) is 4.90 Å². The Bertz CT molecular complexity index is 490. The third-order valence-corrected chi connectivity index (χ3v) is 2.35. The van der Waals surface area contributed by atoms with Gasteiger partial charge in [0.05, 0.1) is 6.54 Å². The SMILES string of the molecule is CC1CN(c2ncc(C(=O)O)c(N)n2)C(=O)N1. The Morgan fingerprint density at radius 2 is 2.41 bits per heavy atom. The van der Waals surface area contributed by atoms with Crippen molar-refractivity contribution in [2.75, 3.05) is 17.2 Å². The summed E-state index contributed by atoms with van der Waals surface area (Å²) in [6.07, 6.45) is 1.09. The van der Waals surface area contributed by atoms with E-state index >= 15 is 0 Å². The number of anilines is 2. The van der Waals surface area contributed by atoms with Crippen LogP contribution in [0.1, 0.15) is 17.3 Å². The minimum atomic E-state index is -1.20. The zero-order valence-corrected chi connectivity index (χ0v) is 9.04. The summed E-state index contributed by atoms with van der Waals surface area (Å²) in [6.45, 7) is 2.26. The lowest BCUT2D eigenvalue weighted by Crippen LogP contribution is -2.30. The van der Waals surface area contributed by atoms with E-state index in [2.05, 4.69) is 15.3 Å². The average molecular weight is 237 g/mol. The molecule has 1 fully saturated rings. The third-order valence-electron chi connectivity index (χ3n) is 2.35. The van der Waals surface area contributed by atoms with Gasteiger partial charge in [-0.25, -0.2) is 14.6 Å². The maximum atomic E-state index is 11.5. The van der Waals surface area contributed by atoms with Crippen LogP contribution in [0.5, 0.6) is 0 Å². The van der Waals surface area contributed by atoms with Gasteiger partial charge in [0.15, 0.2) is 0 Å². The molecule has 8 heteroatoms. The molecule has 8 nitrogen and oxygen atoms in total. The molecule has 1 aromatic rings. The molecule has 1 unspecified atom stereocenters. The Labute approximate surface area is 96.5 Å². The number of rotatable bonds is 2. The molecule has 1 atom stereocenters. The van der Waals surface area contributed by atoms with Crippen LogP contribution in [0.3, 0.4) is 0 Å². The van der Waals surface area contributed by atoms with E-state index in [0.717, 1.165) is 6.20 Å². The van der Waals surface area contributed by atoms with Crippen molar-refractivity contribution in [2.45, 2.75) is 13.0 Å². The molecule has 1 aliphatic rings. The maximum Gasteiger partial charge on any atom is 0.341 e. The third kappa shape index (κ3) is 1.96. The van der Waals surface area contributed by atoms with Gasteiger partial charge in [0, 0.05) is 12.2 Å². The number of amides is 2. The Kier molecular flexibility index (Phi) is 2.54. The predicted octanol–water partition coefficient (Wildman–Crippen LogP) is -0.325. The van der Waals surface area contributed by atoms with Gasteiger partial charge in [0.25, 0.3) is 0 Å².